The number of nitrogens with two attached hydrogens (primary N) is 1. The van der Waals surface area contributed by atoms with Crippen molar-refractivity contribution in [3.05, 3.63) is 0 Å². The van der Waals surface area contributed by atoms with Gasteiger partial charge in [0.1, 0.15) is 0 Å². The molecule has 1 heterocycles. The SMILES string of the molecule is CCO[C@@H]1C[C@H](NC(N)=NCCCN2CCOCC2)C12CCCC2. The minimum atomic E-state index is 0.309. The van der Waals surface area contributed by atoms with E-state index in [1.54, 1.807) is 0 Å². The molecule has 0 aromatic rings. The Morgan fingerprint density at radius 2 is 2.08 bits per heavy atom. The first-order valence-electron chi connectivity index (χ1n) is 9.73. The topological polar surface area (TPSA) is 72.1 Å². The Labute approximate surface area is 146 Å². The van der Waals surface area contributed by atoms with Crippen LogP contribution in [0.3, 0.4) is 0 Å². The number of nitrogens with zero attached hydrogens (tertiary/aromatic N) is 2. The van der Waals surface area contributed by atoms with Crippen molar-refractivity contribution in [3.63, 3.8) is 0 Å². The molecular formula is C18H34N4O2. The molecule has 0 aromatic heterocycles. The van der Waals surface area contributed by atoms with Crippen molar-refractivity contribution in [1.82, 2.24) is 10.2 Å². The van der Waals surface area contributed by atoms with E-state index in [-0.39, 0.29) is 0 Å². The van der Waals surface area contributed by atoms with Gasteiger partial charge < -0.3 is 20.5 Å². The second kappa shape index (κ2) is 8.50. The summed E-state index contributed by atoms with van der Waals surface area (Å²) < 4.78 is 11.3. The largest absolute Gasteiger partial charge is 0.379 e. The van der Waals surface area contributed by atoms with Gasteiger partial charge >= 0.3 is 0 Å². The average molecular weight is 338 g/mol. The van der Waals surface area contributed by atoms with E-state index < -0.39 is 0 Å². The van der Waals surface area contributed by atoms with Crippen molar-refractivity contribution in [3.8, 4) is 0 Å². The van der Waals surface area contributed by atoms with E-state index in [2.05, 4.69) is 22.1 Å². The molecule has 1 saturated heterocycles. The van der Waals surface area contributed by atoms with Gasteiger partial charge in [0.2, 0.25) is 0 Å². The lowest BCUT2D eigenvalue weighted by atomic mass is 9.60. The highest BCUT2D eigenvalue weighted by Crippen LogP contribution is 2.54. The highest BCUT2D eigenvalue weighted by Gasteiger charge is 2.56. The van der Waals surface area contributed by atoms with Gasteiger partial charge in [-0.3, -0.25) is 9.89 Å². The summed E-state index contributed by atoms with van der Waals surface area (Å²) in [5.41, 5.74) is 6.45. The minimum absolute atomic E-state index is 0.309. The van der Waals surface area contributed by atoms with Crippen LogP contribution in [0, 0.1) is 5.41 Å². The van der Waals surface area contributed by atoms with Crippen molar-refractivity contribution >= 4 is 5.96 Å². The van der Waals surface area contributed by atoms with Crippen molar-refractivity contribution in [2.45, 2.75) is 57.6 Å². The fraction of sp³-hybridized carbons (Fsp3) is 0.944. The highest BCUT2D eigenvalue weighted by atomic mass is 16.5. The molecule has 138 valence electrons. The maximum atomic E-state index is 6.14. The summed E-state index contributed by atoms with van der Waals surface area (Å²) in [6.07, 6.45) is 7.70. The predicted molar refractivity (Wildman–Crippen MR) is 96.2 cm³/mol. The van der Waals surface area contributed by atoms with Crippen LogP contribution >= 0.6 is 0 Å². The molecule has 0 unspecified atom stereocenters. The third-order valence-corrected chi connectivity index (χ3v) is 6.03. The lowest BCUT2D eigenvalue weighted by molar-refractivity contribution is -0.125. The average Bonchev–Trinajstić information content (AvgIpc) is 3.12. The zero-order chi connectivity index (χ0) is 16.8. The first kappa shape index (κ1) is 18.0. The Kier molecular flexibility index (Phi) is 6.36. The normalized spacial score (nSPS) is 30.5. The second-order valence-electron chi connectivity index (χ2n) is 7.39. The van der Waals surface area contributed by atoms with Crippen molar-refractivity contribution in [1.29, 1.82) is 0 Å². The molecule has 3 fully saturated rings. The van der Waals surface area contributed by atoms with Gasteiger partial charge in [0.05, 0.1) is 19.3 Å². The molecule has 3 rings (SSSR count). The third-order valence-electron chi connectivity index (χ3n) is 6.03. The van der Waals surface area contributed by atoms with Crippen molar-refractivity contribution in [2.24, 2.45) is 16.1 Å². The minimum Gasteiger partial charge on any atom is -0.379 e. The van der Waals surface area contributed by atoms with Gasteiger partial charge in [-0.25, -0.2) is 0 Å². The summed E-state index contributed by atoms with van der Waals surface area (Å²) in [6.45, 7) is 8.58. The van der Waals surface area contributed by atoms with Crippen LogP contribution in [-0.4, -0.2) is 69.0 Å². The number of ether oxygens (including phenoxy) is 2. The number of hydrogen-bond donors (Lipinski definition) is 2. The Balaban J connectivity index is 1.40. The maximum absolute atomic E-state index is 6.14. The van der Waals surface area contributed by atoms with Crippen LogP contribution in [0.1, 0.15) is 45.4 Å². The standard InChI is InChI=1S/C18H34N4O2/c1-2-24-16-14-15(18(16)6-3-4-7-18)21-17(19)20-8-5-9-22-10-12-23-13-11-22/h15-16H,2-14H2,1H3,(H3,19,20,21)/t15-,16+/m0/s1. The molecule has 24 heavy (non-hydrogen) atoms. The van der Waals surface area contributed by atoms with E-state index in [9.17, 15) is 0 Å². The molecule has 2 aliphatic carbocycles. The maximum Gasteiger partial charge on any atom is 0.188 e. The smallest absolute Gasteiger partial charge is 0.188 e. The van der Waals surface area contributed by atoms with Crippen LogP contribution in [0.5, 0.6) is 0 Å². The zero-order valence-corrected chi connectivity index (χ0v) is 15.1. The fourth-order valence-electron chi connectivity index (χ4n) is 4.63. The predicted octanol–water partition coefficient (Wildman–Crippen LogP) is 1.35. The van der Waals surface area contributed by atoms with Gasteiger partial charge in [-0.05, 0) is 32.6 Å². The number of aliphatic imine (C=N–C) groups is 1. The van der Waals surface area contributed by atoms with Gasteiger partial charge in [0.25, 0.3) is 0 Å². The van der Waals surface area contributed by atoms with E-state index in [0.717, 1.165) is 58.8 Å². The molecule has 6 heteroatoms. The quantitative estimate of drug-likeness (QED) is 0.416. The third kappa shape index (κ3) is 4.03. The van der Waals surface area contributed by atoms with Gasteiger partial charge in [0.15, 0.2) is 5.96 Å². The number of nitrogens with one attached hydrogen (secondary N) is 1. The number of morpholine rings is 1. The number of rotatable bonds is 7. The summed E-state index contributed by atoms with van der Waals surface area (Å²) in [5.74, 6) is 0.614. The number of hydrogen-bond acceptors (Lipinski definition) is 4. The van der Waals surface area contributed by atoms with E-state index in [1.807, 2.05) is 0 Å². The van der Waals surface area contributed by atoms with Crippen LogP contribution in [-0.2, 0) is 9.47 Å². The Morgan fingerprint density at radius 3 is 2.79 bits per heavy atom. The highest BCUT2D eigenvalue weighted by molar-refractivity contribution is 5.78. The van der Waals surface area contributed by atoms with Crippen LogP contribution in [0.4, 0.5) is 0 Å². The van der Waals surface area contributed by atoms with E-state index in [4.69, 9.17) is 15.2 Å². The molecule has 0 amide bonds. The molecule has 1 aliphatic heterocycles. The fourth-order valence-corrected chi connectivity index (χ4v) is 4.63. The molecule has 0 bridgehead atoms. The molecule has 0 aromatic carbocycles. The second-order valence-corrected chi connectivity index (χ2v) is 7.39. The lowest BCUT2D eigenvalue weighted by Gasteiger charge is -2.54. The number of guanidine groups is 1. The van der Waals surface area contributed by atoms with Crippen LogP contribution in [0.25, 0.3) is 0 Å². The molecule has 2 saturated carbocycles. The van der Waals surface area contributed by atoms with Crippen molar-refractivity contribution in [2.75, 3.05) is 46.0 Å². The summed E-state index contributed by atoms with van der Waals surface area (Å²) in [7, 11) is 0. The zero-order valence-electron chi connectivity index (χ0n) is 15.1. The van der Waals surface area contributed by atoms with E-state index in [1.165, 1.54) is 25.7 Å². The van der Waals surface area contributed by atoms with Crippen molar-refractivity contribution < 1.29 is 9.47 Å². The van der Waals surface area contributed by atoms with Crippen LogP contribution in [0.15, 0.2) is 4.99 Å². The Hall–Kier alpha value is -0.850. The Morgan fingerprint density at radius 1 is 1.33 bits per heavy atom. The summed E-state index contributed by atoms with van der Waals surface area (Å²) in [5, 5.41) is 3.49. The molecule has 3 aliphatic rings. The summed E-state index contributed by atoms with van der Waals surface area (Å²) in [6, 6.07) is 0.444. The lowest BCUT2D eigenvalue weighted by Crippen LogP contribution is -2.64. The van der Waals surface area contributed by atoms with E-state index in [0.29, 0.717) is 23.5 Å². The van der Waals surface area contributed by atoms with E-state index >= 15 is 0 Å². The molecule has 3 N–H and O–H groups in total. The molecule has 1 spiro atoms. The monoisotopic (exact) mass is 338 g/mol. The summed E-state index contributed by atoms with van der Waals surface area (Å²) in [4.78, 5) is 6.98. The molecule has 2 atom stereocenters. The molecule has 6 nitrogen and oxygen atoms in total. The first-order valence-corrected chi connectivity index (χ1v) is 9.73. The molecule has 0 radical (unpaired) electrons. The van der Waals surface area contributed by atoms with Gasteiger partial charge in [-0.15, -0.1) is 0 Å². The summed E-state index contributed by atoms with van der Waals surface area (Å²) >= 11 is 0. The van der Waals surface area contributed by atoms with Crippen LogP contribution in [0.2, 0.25) is 0 Å². The first-order chi connectivity index (χ1) is 11.7. The van der Waals surface area contributed by atoms with Gasteiger partial charge in [0, 0.05) is 44.2 Å². The Bertz CT molecular complexity index is 417. The van der Waals surface area contributed by atoms with Crippen LogP contribution < -0.4 is 11.1 Å². The van der Waals surface area contributed by atoms with Gasteiger partial charge in [-0.2, -0.15) is 0 Å². The van der Waals surface area contributed by atoms with Gasteiger partial charge in [-0.1, -0.05) is 12.8 Å². The molecular weight excluding hydrogens is 304 g/mol.